The van der Waals surface area contributed by atoms with Gasteiger partial charge in [-0.3, -0.25) is 0 Å². The fraction of sp³-hybridized carbons (Fsp3) is 0.357. The van der Waals surface area contributed by atoms with Crippen molar-refractivity contribution in [3.63, 3.8) is 0 Å². The van der Waals surface area contributed by atoms with Crippen molar-refractivity contribution in [2.24, 2.45) is 0 Å². The zero-order valence-electron chi connectivity index (χ0n) is 10.9. The minimum atomic E-state index is -0.372. The number of imidazole rings is 1. The molecule has 4 nitrogen and oxygen atoms in total. The summed E-state index contributed by atoms with van der Waals surface area (Å²) < 4.78 is 6.05. The van der Waals surface area contributed by atoms with Crippen LogP contribution in [0.3, 0.4) is 0 Å². The minimum absolute atomic E-state index is 0.372. The van der Waals surface area contributed by atoms with Crippen LogP contribution in [0.2, 0.25) is 0 Å². The van der Waals surface area contributed by atoms with E-state index < -0.39 is 0 Å². The fourth-order valence-corrected chi connectivity index (χ4v) is 2.38. The predicted molar refractivity (Wildman–Crippen MR) is 70.4 cm³/mol. The lowest BCUT2D eigenvalue weighted by Gasteiger charge is -2.31. The molecule has 4 heteroatoms. The summed E-state index contributed by atoms with van der Waals surface area (Å²) >= 11 is 0. The van der Waals surface area contributed by atoms with Gasteiger partial charge in [-0.05, 0) is 33.0 Å². The van der Waals surface area contributed by atoms with E-state index >= 15 is 0 Å². The van der Waals surface area contributed by atoms with Crippen molar-refractivity contribution in [3.05, 3.63) is 35.8 Å². The number of ether oxygens (including phenoxy) is 1. The zero-order chi connectivity index (χ0) is 12.8. The van der Waals surface area contributed by atoms with Crippen molar-refractivity contribution in [1.29, 1.82) is 0 Å². The van der Waals surface area contributed by atoms with Crippen LogP contribution in [0.1, 0.15) is 25.4 Å². The Hall–Kier alpha value is -1.81. The molecule has 1 aliphatic rings. The standard InChI is InChI=1S/C14H17N3O/c1-14(2)13-12(16-11(17-13)8-15-3)9-6-4-5-7-10(9)18-14/h4-7,15H,8H2,1-3H3,(H,16,17). The third kappa shape index (κ3) is 1.61. The van der Waals surface area contributed by atoms with Crippen LogP contribution in [-0.2, 0) is 12.1 Å². The number of fused-ring (bicyclic) bond motifs is 3. The predicted octanol–water partition coefficient (Wildman–Crippen LogP) is 2.42. The van der Waals surface area contributed by atoms with Gasteiger partial charge < -0.3 is 15.0 Å². The Morgan fingerprint density at radius 2 is 2.11 bits per heavy atom. The number of benzene rings is 1. The molecule has 18 heavy (non-hydrogen) atoms. The first-order chi connectivity index (χ1) is 8.62. The molecule has 1 aliphatic heterocycles. The average molecular weight is 243 g/mol. The van der Waals surface area contributed by atoms with Crippen molar-refractivity contribution < 1.29 is 4.74 Å². The van der Waals surface area contributed by atoms with Gasteiger partial charge in [0.15, 0.2) is 0 Å². The zero-order valence-corrected chi connectivity index (χ0v) is 10.9. The van der Waals surface area contributed by atoms with E-state index in [1.165, 1.54) is 0 Å². The second kappa shape index (κ2) is 3.85. The summed E-state index contributed by atoms with van der Waals surface area (Å²) in [5.74, 6) is 1.84. The van der Waals surface area contributed by atoms with E-state index in [-0.39, 0.29) is 5.60 Å². The van der Waals surface area contributed by atoms with Gasteiger partial charge in [-0.2, -0.15) is 0 Å². The smallest absolute Gasteiger partial charge is 0.145 e. The number of hydrogen-bond acceptors (Lipinski definition) is 3. The Kier molecular flexibility index (Phi) is 2.41. The molecule has 0 fully saturated rings. The molecule has 0 bridgehead atoms. The first-order valence-electron chi connectivity index (χ1n) is 6.14. The topological polar surface area (TPSA) is 49.9 Å². The molecular formula is C14H17N3O. The lowest BCUT2D eigenvalue weighted by atomic mass is 9.95. The first-order valence-corrected chi connectivity index (χ1v) is 6.14. The van der Waals surface area contributed by atoms with Gasteiger partial charge in [-0.15, -0.1) is 0 Å². The van der Waals surface area contributed by atoms with E-state index in [2.05, 4.69) is 29.1 Å². The van der Waals surface area contributed by atoms with Crippen LogP contribution < -0.4 is 10.1 Å². The highest BCUT2D eigenvalue weighted by molar-refractivity contribution is 5.72. The van der Waals surface area contributed by atoms with E-state index in [0.717, 1.165) is 35.1 Å². The molecule has 0 atom stereocenters. The SMILES string of the molecule is CNCc1nc2c([nH]1)C(C)(C)Oc1ccccc1-2. The van der Waals surface area contributed by atoms with Crippen LogP contribution in [0, 0.1) is 0 Å². The monoisotopic (exact) mass is 243 g/mol. The van der Waals surface area contributed by atoms with Crippen molar-refractivity contribution in [3.8, 4) is 17.0 Å². The molecule has 94 valence electrons. The van der Waals surface area contributed by atoms with E-state index in [1.54, 1.807) is 0 Å². The van der Waals surface area contributed by atoms with Gasteiger partial charge in [0.1, 0.15) is 17.2 Å². The minimum Gasteiger partial charge on any atom is -0.481 e. The Labute approximate surface area is 106 Å². The first kappa shape index (κ1) is 11.3. The van der Waals surface area contributed by atoms with Gasteiger partial charge in [0, 0.05) is 5.56 Å². The maximum absolute atomic E-state index is 6.05. The Balaban J connectivity index is 2.19. The second-order valence-electron chi connectivity index (χ2n) is 5.05. The highest BCUT2D eigenvalue weighted by Crippen LogP contribution is 2.43. The molecule has 1 aromatic carbocycles. The summed E-state index contributed by atoms with van der Waals surface area (Å²) in [5.41, 5.74) is 2.74. The fourth-order valence-electron chi connectivity index (χ4n) is 2.38. The summed E-state index contributed by atoms with van der Waals surface area (Å²) in [4.78, 5) is 8.05. The van der Waals surface area contributed by atoms with E-state index in [0.29, 0.717) is 0 Å². The molecular weight excluding hydrogens is 226 g/mol. The third-order valence-electron chi connectivity index (χ3n) is 3.21. The van der Waals surface area contributed by atoms with E-state index in [1.807, 2.05) is 31.3 Å². The lowest BCUT2D eigenvalue weighted by molar-refractivity contribution is 0.101. The van der Waals surface area contributed by atoms with Crippen molar-refractivity contribution in [1.82, 2.24) is 15.3 Å². The van der Waals surface area contributed by atoms with Crippen LogP contribution in [0.4, 0.5) is 0 Å². The maximum atomic E-state index is 6.05. The van der Waals surface area contributed by atoms with Crippen LogP contribution in [0.25, 0.3) is 11.3 Å². The lowest BCUT2D eigenvalue weighted by Crippen LogP contribution is -2.29. The number of rotatable bonds is 2. The van der Waals surface area contributed by atoms with Gasteiger partial charge in [0.05, 0.1) is 17.9 Å². The van der Waals surface area contributed by atoms with E-state index in [9.17, 15) is 0 Å². The number of aromatic nitrogens is 2. The molecule has 1 aromatic heterocycles. The third-order valence-corrected chi connectivity index (χ3v) is 3.21. The Bertz CT molecular complexity index is 586. The molecule has 0 unspecified atom stereocenters. The second-order valence-corrected chi connectivity index (χ2v) is 5.05. The highest BCUT2D eigenvalue weighted by atomic mass is 16.5. The number of para-hydroxylation sites is 1. The van der Waals surface area contributed by atoms with Crippen molar-refractivity contribution in [2.75, 3.05) is 7.05 Å². The van der Waals surface area contributed by atoms with Crippen molar-refractivity contribution in [2.45, 2.75) is 26.0 Å². The molecule has 0 saturated carbocycles. The van der Waals surface area contributed by atoms with Gasteiger partial charge in [0.2, 0.25) is 0 Å². The Morgan fingerprint density at radius 3 is 2.89 bits per heavy atom. The maximum Gasteiger partial charge on any atom is 0.145 e. The number of nitrogens with one attached hydrogen (secondary N) is 2. The van der Waals surface area contributed by atoms with E-state index in [4.69, 9.17) is 4.74 Å². The number of nitrogens with zero attached hydrogens (tertiary/aromatic N) is 1. The largest absolute Gasteiger partial charge is 0.481 e. The quantitative estimate of drug-likeness (QED) is 0.851. The summed E-state index contributed by atoms with van der Waals surface area (Å²) in [6, 6.07) is 8.04. The molecule has 0 amide bonds. The average Bonchev–Trinajstić information content (AvgIpc) is 2.74. The molecule has 2 aromatic rings. The summed E-state index contributed by atoms with van der Waals surface area (Å²) in [5, 5.41) is 3.11. The highest BCUT2D eigenvalue weighted by Gasteiger charge is 2.35. The number of H-pyrrole nitrogens is 1. The molecule has 0 aliphatic carbocycles. The van der Waals surface area contributed by atoms with Crippen molar-refractivity contribution >= 4 is 0 Å². The van der Waals surface area contributed by atoms with Crippen LogP contribution >= 0.6 is 0 Å². The summed E-state index contributed by atoms with van der Waals surface area (Å²) in [6.07, 6.45) is 0. The molecule has 2 heterocycles. The normalized spacial score (nSPS) is 15.7. The van der Waals surface area contributed by atoms with Crippen LogP contribution in [0.15, 0.2) is 24.3 Å². The Morgan fingerprint density at radius 1 is 1.33 bits per heavy atom. The van der Waals surface area contributed by atoms with Gasteiger partial charge in [-0.25, -0.2) is 4.98 Å². The number of hydrogen-bond donors (Lipinski definition) is 2. The molecule has 2 N–H and O–H groups in total. The molecule has 0 spiro atoms. The van der Waals surface area contributed by atoms with Crippen LogP contribution in [0.5, 0.6) is 5.75 Å². The molecule has 0 saturated heterocycles. The summed E-state index contributed by atoms with van der Waals surface area (Å²) in [6.45, 7) is 4.84. The van der Waals surface area contributed by atoms with Gasteiger partial charge in [-0.1, -0.05) is 12.1 Å². The van der Waals surface area contributed by atoms with Gasteiger partial charge >= 0.3 is 0 Å². The summed E-state index contributed by atoms with van der Waals surface area (Å²) in [7, 11) is 1.91. The molecule has 3 rings (SSSR count). The number of aromatic amines is 1. The van der Waals surface area contributed by atoms with Crippen LogP contribution in [-0.4, -0.2) is 17.0 Å². The van der Waals surface area contributed by atoms with Gasteiger partial charge in [0.25, 0.3) is 0 Å². The molecule has 0 radical (unpaired) electrons.